The van der Waals surface area contributed by atoms with Gasteiger partial charge in [0.15, 0.2) is 0 Å². The summed E-state index contributed by atoms with van der Waals surface area (Å²) in [5.74, 6) is 0. The minimum Gasteiger partial charge on any atom is -0.355 e. The maximum atomic E-state index is 4.62. The van der Waals surface area contributed by atoms with Gasteiger partial charge in [-0.15, -0.1) is 0 Å². The number of hydrogen-bond donors (Lipinski definition) is 2. The van der Waals surface area contributed by atoms with E-state index in [4.69, 9.17) is 0 Å². The Labute approximate surface area is 242 Å². The fourth-order valence-electron chi connectivity index (χ4n) is 4.78. The second-order valence-corrected chi connectivity index (χ2v) is 9.73. The average Bonchev–Trinajstić information content (AvgIpc) is 3.85. The summed E-state index contributed by atoms with van der Waals surface area (Å²) in [6, 6.07) is 32.0. The quantitative estimate of drug-likeness (QED) is 0.231. The average molecular weight is 544 g/mol. The molecule has 0 aromatic carbocycles. The van der Waals surface area contributed by atoms with Gasteiger partial charge in [0, 0.05) is 46.2 Å². The van der Waals surface area contributed by atoms with Crippen molar-refractivity contribution in [2.45, 2.75) is 0 Å². The number of H-pyrrole nitrogens is 2. The highest BCUT2D eigenvalue weighted by molar-refractivity contribution is 5.78. The Morgan fingerprint density at radius 2 is 0.905 bits per heavy atom. The molecule has 6 aromatic rings. The predicted octanol–water partition coefficient (Wildman–Crippen LogP) is 7.86. The van der Waals surface area contributed by atoms with Crippen LogP contribution in [0.2, 0.25) is 0 Å². The summed E-state index contributed by atoms with van der Waals surface area (Å²) in [5.41, 5.74) is 11.5. The van der Waals surface area contributed by atoms with Crippen molar-refractivity contribution >= 4 is 46.4 Å². The van der Waals surface area contributed by atoms with Crippen molar-refractivity contribution in [2.75, 3.05) is 0 Å². The third kappa shape index (κ3) is 5.66. The lowest BCUT2D eigenvalue weighted by molar-refractivity contribution is 1.23. The molecular formula is C35H25N7. The van der Waals surface area contributed by atoms with Crippen LogP contribution >= 0.6 is 0 Å². The van der Waals surface area contributed by atoms with Crippen molar-refractivity contribution in [3.8, 4) is 22.6 Å². The normalized spacial score (nSPS) is 11.6. The van der Waals surface area contributed by atoms with Crippen LogP contribution in [0.4, 0.5) is 0 Å². The molecule has 0 amide bonds. The second kappa shape index (κ2) is 11.3. The van der Waals surface area contributed by atoms with E-state index in [1.54, 1.807) is 18.6 Å². The fraction of sp³-hybridized carbons (Fsp3) is 0. The Hall–Kier alpha value is -5.95. The summed E-state index contributed by atoms with van der Waals surface area (Å²) in [7, 11) is 0. The Kier molecular flexibility index (Phi) is 6.72. The number of nitrogens with zero attached hydrogens (tertiary/aromatic N) is 5. The van der Waals surface area contributed by atoms with Crippen LogP contribution in [0.15, 0.2) is 116 Å². The molecule has 0 saturated carbocycles. The first-order valence-corrected chi connectivity index (χ1v) is 13.6. The number of fused-ring (bicyclic) bond motifs is 8. The van der Waals surface area contributed by atoms with Crippen molar-refractivity contribution in [3.63, 3.8) is 0 Å². The van der Waals surface area contributed by atoms with Gasteiger partial charge in [0.2, 0.25) is 0 Å². The zero-order valence-corrected chi connectivity index (χ0v) is 22.5. The highest BCUT2D eigenvalue weighted by atomic mass is 14.8. The number of aromatic nitrogens is 7. The van der Waals surface area contributed by atoms with E-state index >= 15 is 0 Å². The van der Waals surface area contributed by atoms with Gasteiger partial charge in [-0.2, -0.15) is 0 Å². The van der Waals surface area contributed by atoms with Crippen LogP contribution in [0.25, 0.3) is 69.0 Å². The fourth-order valence-corrected chi connectivity index (χ4v) is 4.78. The van der Waals surface area contributed by atoms with Crippen molar-refractivity contribution in [3.05, 3.63) is 138 Å². The molecule has 0 atom stereocenters. The van der Waals surface area contributed by atoms with Crippen LogP contribution in [-0.4, -0.2) is 34.9 Å². The molecule has 6 aromatic heterocycles. The molecule has 0 unspecified atom stereocenters. The van der Waals surface area contributed by atoms with Gasteiger partial charge in [0.1, 0.15) is 0 Å². The molecule has 8 bridgehead atoms. The Morgan fingerprint density at radius 1 is 0.405 bits per heavy atom. The topological polar surface area (TPSA) is 96.0 Å². The number of pyridine rings is 3. The standard InChI is InChI=1S/C20H14N4.C15H11N3/c1-2-14-10-16-5-6-18(23-16)12-20-8-7-19(24-20)11-17-4-3-15(22-17)9-13(1)21-14;1-3-9-16-13(7-1)12-6-5-11-18-15(12)14-8-2-4-10-17-14/h1-12,21-22H;1-11H. The monoisotopic (exact) mass is 543 g/mol. The Balaban J connectivity index is 0.000000143. The van der Waals surface area contributed by atoms with E-state index < -0.39 is 0 Å². The zero-order chi connectivity index (χ0) is 28.1. The minimum absolute atomic E-state index is 0.858. The maximum Gasteiger partial charge on any atom is 0.0980 e. The van der Waals surface area contributed by atoms with Crippen LogP contribution in [-0.2, 0) is 0 Å². The summed E-state index contributed by atoms with van der Waals surface area (Å²) < 4.78 is 0. The van der Waals surface area contributed by atoms with Gasteiger partial charge in [0.05, 0.1) is 39.9 Å². The van der Waals surface area contributed by atoms with E-state index in [0.717, 1.165) is 67.5 Å². The van der Waals surface area contributed by atoms with Gasteiger partial charge in [-0.1, -0.05) is 12.1 Å². The number of aromatic amines is 2. The van der Waals surface area contributed by atoms with Crippen LogP contribution < -0.4 is 0 Å². The highest BCUT2D eigenvalue weighted by Gasteiger charge is 2.09. The Bertz CT molecular complexity index is 1940. The molecule has 0 aliphatic carbocycles. The number of nitrogens with one attached hydrogen (secondary N) is 2. The molecule has 0 fully saturated rings. The van der Waals surface area contributed by atoms with Crippen LogP contribution in [0.5, 0.6) is 0 Å². The molecule has 0 saturated heterocycles. The first-order valence-electron chi connectivity index (χ1n) is 13.6. The molecule has 7 heteroatoms. The van der Waals surface area contributed by atoms with E-state index in [1.165, 1.54) is 0 Å². The molecule has 200 valence electrons. The van der Waals surface area contributed by atoms with Crippen molar-refractivity contribution in [2.24, 2.45) is 0 Å². The van der Waals surface area contributed by atoms with Gasteiger partial charge >= 0.3 is 0 Å². The zero-order valence-electron chi connectivity index (χ0n) is 22.5. The molecule has 42 heavy (non-hydrogen) atoms. The lowest BCUT2D eigenvalue weighted by atomic mass is 10.1. The van der Waals surface area contributed by atoms with Crippen molar-refractivity contribution < 1.29 is 0 Å². The van der Waals surface area contributed by atoms with E-state index in [9.17, 15) is 0 Å². The Morgan fingerprint density at radius 3 is 1.45 bits per heavy atom. The first-order chi connectivity index (χ1) is 20.7. The summed E-state index contributed by atoms with van der Waals surface area (Å²) in [6.45, 7) is 0. The molecule has 2 aliphatic rings. The van der Waals surface area contributed by atoms with Crippen molar-refractivity contribution in [1.29, 1.82) is 0 Å². The van der Waals surface area contributed by atoms with Crippen LogP contribution in [0.1, 0.15) is 22.8 Å². The van der Waals surface area contributed by atoms with Gasteiger partial charge in [-0.25, -0.2) is 9.97 Å². The molecule has 8 rings (SSSR count). The lowest BCUT2D eigenvalue weighted by Crippen LogP contribution is -1.92. The third-order valence-corrected chi connectivity index (χ3v) is 6.70. The molecular weight excluding hydrogens is 518 g/mol. The first kappa shape index (κ1) is 25.0. The summed E-state index contributed by atoms with van der Waals surface area (Å²) in [6.07, 6.45) is 13.4. The van der Waals surface area contributed by atoms with Gasteiger partial charge in [-0.05, 0) is 109 Å². The van der Waals surface area contributed by atoms with Crippen LogP contribution in [0, 0.1) is 0 Å². The van der Waals surface area contributed by atoms with Crippen LogP contribution in [0.3, 0.4) is 0 Å². The van der Waals surface area contributed by atoms with E-state index in [2.05, 4.69) is 65.2 Å². The van der Waals surface area contributed by atoms with E-state index in [-0.39, 0.29) is 0 Å². The molecule has 0 spiro atoms. The molecule has 2 N–H and O–H groups in total. The van der Waals surface area contributed by atoms with E-state index in [1.807, 2.05) is 91.0 Å². The smallest absolute Gasteiger partial charge is 0.0980 e. The second-order valence-electron chi connectivity index (χ2n) is 9.73. The third-order valence-electron chi connectivity index (χ3n) is 6.70. The molecule has 7 nitrogen and oxygen atoms in total. The maximum absolute atomic E-state index is 4.62. The largest absolute Gasteiger partial charge is 0.355 e. The van der Waals surface area contributed by atoms with Gasteiger partial charge in [-0.3, -0.25) is 15.0 Å². The molecule has 8 heterocycles. The van der Waals surface area contributed by atoms with E-state index in [0.29, 0.717) is 0 Å². The number of rotatable bonds is 2. The van der Waals surface area contributed by atoms with Gasteiger partial charge < -0.3 is 9.97 Å². The molecule has 2 aliphatic heterocycles. The molecule has 0 radical (unpaired) electrons. The minimum atomic E-state index is 0.858. The SMILES string of the molecule is C1=Cc2cc3ccc(cc4ccc(cc5nc(cc1n2)C=C5)[nH]4)[nH]3.c1ccc(-c2cccnc2-c2ccccn2)nc1. The predicted molar refractivity (Wildman–Crippen MR) is 170 cm³/mol. The summed E-state index contributed by atoms with van der Waals surface area (Å²) in [5, 5.41) is 0. The number of hydrogen-bond acceptors (Lipinski definition) is 5. The lowest BCUT2D eigenvalue weighted by Gasteiger charge is -2.06. The van der Waals surface area contributed by atoms with Gasteiger partial charge in [0.25, 0.3) is 0 Å². The summed E-state index contributed by atoms with van der Waals surface area (Å²) in [4.78, 5) is 29.2. The summed E-state index contributed by atoms with van der Waals surface area (Å²) >= 11 is 0. The van der Waals surface area contributed by atoms with Crippen molar-refractivity contribution in [1.82, 2.24) is 34.9 Å². The highest BCUT2D eigenvalue weighted by Crippen LogP contribution is 2.27.